The second-order valence-electron chi connectivity index (χ2n) is 6.51. The first-order chi connectivity index (χ1) is 13.3. The van der Waals surface area contributed by atoms with Gasteiger partial charge >= 0.3 is 33.0 Å². The van der Waals surface area contributed by atoms with Gasteiger partial charge in [0.15, 0.2) is 0 Å². The molecule has 0 fully saturated rings. The average molecular weight is 433 g/mol. The third kappa shape index (κ3) is 5.23. The number of rotatable bonds is 2. The molecule has 0 saturated carbocycles. The molecule has 10 heteroatoms. The summed E-state index contributed by atoms with van der Waals surface area (Å²) in [5.74, 6) is 0. The molecule has 0 unspecified atom stereocenters. The van der Waals surface area contributed by atoms with E-state index in [0.717, 1.165) is 12.1 Å². The number of pyridine rings is 2. The fraction of sp³-hybridized carbons (Fsp3) is 0.158. The molecule has 0 aliphatic rings. The molecular weight excluding hydrogens is 415 g/mol. The minimum absolute atomic E-state index is 0.980. The van der Waals surface area contributed by atoms with Crippen LogP contribution in [0.2, 0.25) is 0 Å². The summed E-state index contributed by atoms with van der Waals surface area (Å²) in [6, 6.07) is 14.8. The van der Waals surface area contributed by atoms with Crippen molar-refractivity contribution in [2.75, 3.05) is 0 Å². The van der Waals surface area contributed by atoms with Crippen LogP contribution in [0.5, 0.6) is 0 Å². The molecule has 156 valence electrons. The fourth-order valence-corrected chi connectivity index (χ4v) is 3.32. The molecule has 0 aliphatic heterocycles. The topological polar surface area (TPSA) is 21.2 Å². The Morgan fingerprint density at radius 2 is 1.59 bits per heavy atom. The summed E-state index contributed by atoms with van der Waals surface area (Å²) in [6.07, 6.45) is 7.03. The van der Waals surface area contributed by atoms with Crippen LogP contribution in [0, 0.1) is 0 Å². The Kier molecular flexibility index (Phi) is 4.66. The molecule has 3 aromatic heterocycles. The van der Waals surface area contributed by atoms with Gasteiger partial charge in [-0.15, -0.1) is 0 Å². The Morgan fingerprint density at radius 3 is 2.17 bits per heavy atom. The van der Waals surface area contributed by atoms with Crippen molar-refractivity contribution < 1.29 is 29.7 Å². The third-order valence-electron chi connectivity index (χ3n) is 4.28. The molecule has 0 spiro atoms. The summed E-state index contributed by atoms with van der Waals surface area (Å²) in [5.41, 5.74) is 6.13. The number of aromatic nitrogens is 3. The predicted octanol–water partition coefficient (Wildman–Crippen LogP) is 6.92. The second-order valence-corrected chi connectivity index (χ2v) is 8.43. The van der Waals surface area contributed by atoms with Crippen LogP contribution in [-0.4, -0.2) is 9.38 Å². The summed E-state index contributed by atoms with van der Waals surface area (Å²) < 4.78 is 63.6. The van der Waals surface area contributed by atoms with Crippen LogP contribution in [0.4, 0.5) is 25.2 Å². The van der Waals surface area contributed by atoms with Crippen molar-refractivity contribution in [1.29, 1.82) is 0 Å². The molecule has 29 heavy (non-hydrogen) atoms. The van der Waals surface area contributed by atoms with Crippen molar-refractivity contribution in [1.82, 2.24) is 9.38 Å². The number of benzene rings is 1. The number of aryl methyl sites for hydroxylation is 2. The van der Waals surface area contributed by atoms with Crippen LogP contribution in [0.1, 0.15) is 12.5 Å². The number of hydrogen-bond acceptors (Lipinski definition) is 1. The fourth-order valence-electron chi connectivity index (χ4n) is 3.32. The molecule has 0 bridgehead atoms. The van der Waals surface area contributed by atoms with Crippen molar-refractivity contribution in [3.8, 4) is 11.1 Å². The van der Waals surface area contributed by atoms with E-state index in [2.05, 4.69) is 76.7 Å². The maximum atomic E-state index is 9.87. The normalized spacial score (nSPS) is 14.2. The monoisotopic (exact) mass is 433 g/mol. The van der Waals surface area contributed by atoms with Crippen molar-refractivity contribution >= 4 is 24.5 Å². The van der Waals surface area contributed by atoms with Crippen LogP contribution in [0.15, 0.2) is 61.1 Å². The van der Waals surface area contributed by atoms with E-state index < -0.39 is 7.81 Å². The van der Waals surface area contributed by atoms with Gasteiger partial charge < -0.3 is 0 Å². The summed E-state index contributed by atoms with van der Waals surface area (Å²) >= 11 is 0. The third-order valence-corrected chi connectivity index (χ3v) is 4.28. The van der Waals surface area contributed by atoms with Gasteiger partial charge in [-0.05, 0) is 29.7 Å². The minimum atomic E-state index is -10.7. The van der Waals surface area contributed by atoms with Crippen LogP contribution in [-0.2, 0) is 13.5 Å². The van der Waals surface area contributed by atoms with E-state index in [9.17, 15) is 25.2 Å². The summed E-state index contributed by atoms with van der Waals surface area (Å²) in [5, 5.41) is 1.23. The maximum absolute atomic E-state index is 10.7. The zero-order chi connectivity index (χ0) is 21.5. The van der Waals surface area contributed by atoms with Gasteiger partial charge in [0.25, 0.3) is 5.65 Å². The molecular formula is C19H18F6N3P. The van der Waals surface area contributed by atoms with Crippen molar-refractivity contribution in [3.63, 3.8) is 0 Å². The molecule has 3 heterocycles. The Bertz CT molecular complexity index is 1170. The first kappa shape index (κ1) is 21.0. The van der Waals surface area contributed by atoms with Gasteiger partial charge in [-0.3, -0.25) is 0 Å². The van der Waals surface area contributed by atoms with E-state index in [4.69, 9.17) is 0 Å². The van der Waals surface area contributed by atoms with Crippen molar-refractivity contribution in [2.45, 2.75) is 13.3 Å². The first-order valence-electron chi connectivity index (χ1n) is 8.64. The summed E-state index contributed by atoms with van der Waals surface area (Å²) in [4.78, 5) is 4.62. The Hall–Kier alpha value is -2.67. The SMILES string of the molecule is CCc1c(-c2ccccc2)c2n(cc[n+]2C)c2ncccc12.F[P-](F)(F)(F)(F)F. The van der Waals surface area contributed by atoms with Gasteiger partial charge in [0.05, 0.1) is 12.6 Å². The first-order valence-corrected chi connectivity index (χ1v) is 10.7. The van der Waals surface area contributed by atoms with Gasteiger partial charge in [-0.2, -0.15) is 4.40 Å². The quantitative estimate of drug-likeness (QED) is 0.191. The molecule has 0 atom stereocenters. The van der Waals surface area contributed by atoms with Crippen LogP contribution >= 0.6 is 7.81 Å². The molecule has 4 rings (SSSR count). The Morgan fingerprint density at radius 1 is 0.966 bits per heavy atom. The predicted molar refractivity (Wildman–Crippen MR) is 102 cm³/mol. The number of nitrogens with zero attached hydrogens (tertiary/aromatic N) is 3. The van der Waals surface area contributed by atoms with E-state index >= 15 is 0 Å². The summed E-state index contributed by atoms with van der Waals surface area (Å²) in [7, 11) is -8.56. The van der Waals surface area contributed by atoms with E-state index in [1.165, 1.54) is 27.7 Å². The standard InChI is InChI=1S/C19H18N3.F6P/c1-3-15-16-10-7-11-20-18(16)22-13-12-21(2)19(22)17(15)14-8-5-4-6-9-14;1-7(2,3,4,5)6/h4-13H,3H2,1-2H3;/q+1;-1. The molecule has 0 saturated heterocycles. The Labute approximate surface area is 162 Å². The van der Waals surface area contributed by atoms with Crippen LogP contribution < -0.4 is 4.57 Å². The van der Waals surface area contributed by atoms with Gasteiger partial charge in [-0.1, -0.05) is 37.3 Å². The van der Waals surface area contributed by atoms with Crippen molar-refractivity contribution in [3.05, 3.63) is 66.6 Å². The molecule has 0 radical (unpaired) electrons. The average Bonchev–Trinajstić information content (AvgIpc) is 3.00. The van der Waals surface area contributed by atoms with Gasteiger partial charge in [0.1, 0.15) is 12.4 Å². The number of hydrogen-bond donors (Lipinski definition) is 0. The molecule has 3 nitrogen and oxygen atoms in total. The zero-order valence-electron chi connectivity index (χ0n) is 15.5. The van der Waals surface area contributed by atoms with Gasteiger partial charge in [0.2, 0.25) is 5.65 Å². The molecule has 0 amide bonds. The second kappa shape index (κ2) is 6.42. The van der Waals surface area contributed by atoms with E-state index in [1.54, 1.807) is 0 Å². The van der Waals surface area contributed by atoms with E-state index in [0.29, 0.717) is 0 Å². The van der Waals surface area contributed by atoms with E-state index in [-0.39, 0.29) is 0 Å². The van der Waals surface area contributed by atoms with Gasteiger partial charge in [0, 0.05) is 11.6 Å². The van der Waals surface area contributed by atoms with Crippen LogP contribution in [0.3, 0.4) is 0 Å². The van der Waals surface area contributed by atoms with Crippen LogP contribution in [0.25, 0.3) is 27.8 Å². The number of fused-ring (bicyclic) bond motifs is 3. The van der Waals surface area contributed by atoms with E-state index in [1.807, 2.05) is 12.3 Å². The molecule has 4 aromatic rings. The molecule has 1 aromatic carbocycles. The van der Waals surface area contributed by atoms with Crippen molar-refractivity contribution in [2.24, 2.45) is 7.05 Å². The Balaban J connectivity index is 0.000000298. The molecule has 0 aliphatic carbocycles. The summed E-state index contributed by atoms with van der Waals surface area (Å²) in [6.45, 7) is 2.22. The zero-order valence-corrected chi connectivity index (χ0v) is 16.4. The molecule has 0 N–H and O–H groups in total. The number of halogens is 6. The number of imidazole rings is 1. The van der Waals surface area contributed by atoms with Gasteiger partial charge in [-0.25, -0.2) is 9.55 Å².